The molecule has 0 saturated carbocycles. The van der Waals surface area contributed by atoms with Crippen molar-refractivity contribution in [3.8, 4) is 0 Å². The van der Waals surface area contributed by atoms with E-state index in [4.69, 9.17) is 17.3 Å². The standard InChI is InChI=1S/C17H19ClN2/c18-15-7-5-13(6-8-15)16(19)10-12-20-11-9-14-3-1-2-4-17(14)20/h1-8,16H,9-12,19H2. The van der Waals surface area contributed by atoms with Gasteiger partial charge in [-0.05, 0) is 42.2 Å². The average molecular weight is 287 g/mol. The molecule has 3 rings (SSSR count). The number of nitrogens with zero attached hydrogens (tertiary/aromatic N) is 1. The van der Waals surface area contributed by atoms with Crippen molar-refractivity contribution in [2.45, 2.75) is 18.9 Å². The first-order valence-electron chi connectivity index (χ1n) is 7.08. The van der Waals surface area contributed by atoms with Crippen LogP contribution in [-0.2, 0) is 6.42 Å². The lowest BCUT2D eigenvalue weighted by atomic mass is 10.0. The summed E-state index contributed by atoms with van der Waals surface area (Å²) in [5.74, 6) is 0. The summed E-state index contributed by atoms with van der Waals surface area (Å²) >= 11 is 5.90. The highest BCUT2D eigenvalue weighted by Crippen LogP contribution is 2.28. The van der Waals surface area contributed by atoms with Gasteiger partial charge in [0, 0.05) is 29.8 Å². The molecule has 2 nitrogen and oxygen atoms in total. The van der Waals surface area contributed by atoms with Gasteiger partial charge in [0.05, 0.1) is 0 Å². The largest absolute Gasteiger partial charge is 0.371 e. The van der Waals surface area contributed by atoms with Crippen LogP contribution in [0.3, 0.4) is 0 Å². The van der Waals surface area contributed by atoms with Gasteiger partial charge >= 0.3 is 0 Å². The molecule has 0 bridgehead atoms. The monoisotopic (exact) mass is 286 g/mol. The minimum Gasteiger partial charge on any atom is -0.371 e. The molecule has 0 aliphatic carbocycles. The lowest BCUT2D eigenvalue weighted by Gasteiger charge is -2.21. The SMILES string of the molecule is NC(CCN1CCc2ccccc21)c1ccc(Cl)cc1. The highest BCUT2D eigenvalue weighted by Gasteiger charge is 2.18. The third kappa shape index (κ3) is 2.82. The van der Waals surface area contributed by atoms with Crippen LogP contribution in [0.4, 0.5) is 5.69 Å². The molecule has 2 N–H and O–H groups in total. The smallest absolute Gasteiger partial charge is 0.0406 e. The predicted molar refractivity (Wildman–Crippen MR) is 85.4 cm³/mol. The van der Waals surface area contributed by atoms with Crippen molar-refractivity contribution in [1.82, 2.24) is 0 Å². The van der Waals surface area contributed by atoms with E-state index in [2.05, 4.69) is 29.2 Å². The van der Waals surface area contributed by atoms with Crippen LogP contribution in [0.25, 0.3) is 0 Å². The molecule has 3 heteroatoms. The zero-order valence-electron chi connectivity index (χ0n) is 11.4. The van der Waals surface area contributed by atoms with E-state index in [1.807, 2.05) is 24.3 Å². The van der Waals surface area contributed by atoms with Gasteiger partial charge in [0.15, 0.2) is 0 Å². The quantitative estimate of drug-likeness (QED) is 0.926. The van der Waals surface area contributed by atoms with Crippen LogP contribution in [-0.4, -0.2) is 13.1 Å². The van der Waals surface area contributed by atoms with E-state index in [0.717, 1.165) is 36.5 Å². The lowest BCUT2D eigenvalue weighted by molar-refractivity contribution is 0.634. The predicted octanol–water partition coefficient (Wildman–Crippen LogP) is 3.79. The second kappa shape index (κ2) is 5.86. The Morgan fingerprint density at radius 1 is 1.10 bits per heavy atom. The van der Waals surface area contributed by atoms with Gasteiger partial charge in [-0.25, -0.2) is 0 Å². The number of para-hydroxylation sites is 1. The van der Waals surface area contributed by atoms with Gasteiger partial charge in [0.2, 0.25) is 0 Å². The maximum atomic E-state index is 6.27. The Morgan fingerprint density at radius 2 is 1.85 bits per heavy atom. The maximum absolute atomic E-state index is 6.27. The van der Waals surface area contributed by atoms with Crippen LogP contribution < -0.4 is 10.6 Å². The number of rotatable bonds is 4. The van der Waals surface area contributed by atoms with Gasteiger partial charge < -0.3 is 10.6 Å². The molecule has 0 radical (unpaired) electrons. The fourth-order valence-corrected chi connectivity index (χ4v) is 2.94. The van der Waals surface area contributed by atoms with Crippen molar-refractivity contribution in [2.24, 2.45) is 5.73 Å². The number of fused-ring (bicyclic) bond motifs is 1. The van der Waals surface area contributed by atoms with Crippen molar-refractivity contribution in [3.63, 3.8) is 0 Å². The van der Waals surface area contributed by atoms with Crippen LogP contribution in [0, 0.1) is 0 Å². The molecular formula is C17H19ClN2. The molecule has 2 aromatic carbocycles. The summed E-state index contributed by atoms with van der Waals surface area (Å²) in [7, 11) is 0. The van der Waals surface area contributed by atoms with Crippen LogP contribution >= 0.6 is 11.6 Å². The maximum Gasteiger partial charge on any atom is 0.0406 e. The molecular weight excluding hydrogens is 268 g/mol. The number of nitrogens with two attached hydrogens (primary N) is 1. The molecule has 0 spiro atoms. The Morgan fingerprint density at radius 3 is 2.65 bits per heavy atom. The Balaban J connectivity index is 1.62. The molecule has 2 aromatic rings. The van der Waals surface area contributed by atoms with Crippen LogP contribution in [0.1, 0.15) is 23.6 Å². The van der Waals surface area contributed by atoms with Crippen LogP contribution in [0.15, 0.2) is 48.5 Å². The van der Waals surface area contributed by atoms with Crippen molar-refractivity contribution < 1.29 is 0 Å². The van der Waals surface area contributed by atoms with E-state index in [0.29, 0.717) is 0 Å². The molecule has 0 saturated heterocycles. The van der Waals surface area contributed by atoms with E-state index in [9.17, 15) is 0 Å². The van der Waals surface area contributed by atoms with Crippen LogP contribution in [0.5, 0.6) is 0 Å². The molecule has 104 valence electrons. The average Bonchev–Trinajstić information content (AvgIpc) is 2.89. The van der Waals surface area contributed by atoms with Crippen molar-refractivity contribution >= 4 is 17.3 Å². The number of hydrogen-bond acceptors (Lipinski definition) is 2. The molecule has 0 amide bonds. The topological polar surface area (TPSA) is 29.3 Å². The normalized spacial score (nSPS) is 15.2. The van der Waals surface area contributed by atoms with Crippen LogP contribution in [0.2, 0.25) is 5.02 Å². The van der Waals surface area contributed by atoms with Gasteiger partial charge in [0.1, 0.15) is 0 Å². The van der Waals surface area contributed by atoms with Gasteiger partial charge in [0.25, 0.3) is 0 Å². The zero-order chi connectivity index (χ0) is 13.9. The Bertz CT molecular complexity index is 580. The summed E-state index contributed by atoms with van der Waals surface area (Å²) in [5.41, 5.74) is 10.3. The Kier molecular flexibility index (Phi) is 3.95. The Hall–Kier alpha value is -1.51. The van der Waals surface area contributed by atoms with E-state index >= 15 is 0 Å². The van der Waals surface area contributed by atoms with Gasteiger partial charge in [-0.1, -0.05) is 41.9 Å². The molecule has 20 heavy (non-hydrogen) atoms. The van der Waals surface area contributed by atoms with Gasteiger partial charge in [-0.15, -0.1) is 0 Å². The molecule has 1 heterocycles. The van der Waals surface area contributed by atoms with E-state index in [1.165, 1.54) is 11.3 Å². The molecule has 1 aliphatic heterocycles. The number of benzene rings is 2. The third-order valence-electron chi connectivity index (χ3n) is 3.99. The number of anilines is 1. The molecule has 1 unspecified atom stereocenters. The number of hydrogen-bond donors (Lipinski definition) is 1. The summed E-state index contributed by atoms with van der Waals surface area (Å²) < 4.78 is 0. The summed E-state index contributed by atoms with van der Waals surface area (Å²) in [5, 5.41) is 0.759. The summed E-state index contributed by atoms with van der Waals surface area (Å²) in [6.07, 6.45) is 2.10. The highest BCUT2D eigenvalue weighted by molar-refractivity contribution is 6.30. The minimum atomic E-state index is 0.0695. The summed E-state index contributed by atoms with van der Waals surface area (Å²) in [6, 6.07) is 16.6. The summed E-state index contributed by atoms with van der Waals surface area (Å²) in [6.45, 7) is 2.10. The van der Waals surface area contributed by atoms with Gasteiger partial charge in [-0.3, -0.25) is 0 Å². The second-order valence-electron chi connectivity index (χ2n) is 5.31. The fraction of sp³-hybridized carbons (Fsp3) is 0.294. The van der Waals surface area contributed by atoms with Crippen molar-refractivity contribution in [1.29, 1.82) is 0 Å². The molecule has 0 fully saturated rings. The van der Waals surface area contributed by atoms with Crippen molar-refractivity contribution in [2.75, 3.05) is 18.0 Å². The highest BCUT2D eigenvalue weighted by atomic mass is 35.5. The fourth-order valence-electron chi connectivity index (χ4n) is 2.81. The Labute approximate surface area is 125 Å². The first kappa shape index (κ1) is 13.5. The third-order valence-corrected chi connectivity index (χ3v) is 4.24. The molecule has 1 aliphatic rings. The van der Waals surface area contributed by atoms with E-state index in [-0.39, 0.29) is 6.04 Å². The minimum absolute atomic E-state index is 0.0695. The number of halogens is 1. The molecule has 1 atom stereocenters. The van der Waals surface area contributed by atoms with E-state index < -0.39 is 0 Å². The summed E-state index contributed by atoms with van der Waals surface area (Å²) in [4.78, 5) is 2.44. The first-order chi connectivity index (χ1) is 9.74. The van der Waals surface area contributed by atoms with E-state index in [1.54, 1.807) is 0 Å². The first-order valence-corrected chi connectivity index (χ1v) is 7.46. The van der Waals surface area contributed by atoms with Gasteiger partial charge in [-0.2, -0.15) is 0 Å². The zero-order valence-corrected chi connectivity index (χ0v) is 12.2. The molecule has 0 aromatic heterocycles. The second-order valence-corrected chi connectivity index (χ2v) is 5.75. The lowest BCUT2D eigenvalue weighted by Crippen LogP contribution is -2.25. The van der Waals surface area contributed by atoms with Crippen molar-refractivity contribution in [3.05, 3.63) is 64.7 Å².